The van der Waals surface area contributed by atoms with Gasteiger partial charge in [0.15, 0.2) is 0 Å². The van der Waals surface area contributed by atoms with Crippen LogP contribution in [-0.2, 0) is 14.8 Å². The van der Waals surface area contributed by atoms with Crippen molar-refractivity contribution in [3.05, 3.63) is 24.3 Å². The first-order valence-electron chi connectivity index (χ1n) is 7.15. The molecule has 7 heteroatoms. The number of rotatable bonds is 6. The van der Waals surface area contributed by atoms with Crippen LogP contribution in [0.2, 0.25) is 0 Å². The quantitative estimate of drug-likeness (QED) is 0.723. The smallest absolute Gasteiger partial charge is 0.240 e. The molecule has 118 valence electrons. The molecule has 2 rings (SSSR count). The molecule has 6 nitrogen and oxygen atoms in total. The summed E-state index contributed by atoms with van der Waals surface area (Å²) in [6.45, 7) is 6.66. The normalized spacial score (nSPS) is 19.7. The molecular formula is C14H23N3O3S. The van der Waals surface area contributed by atoms with Crippen molar-refractivity contribution in [1.82, 2.24) is 10.0 Å². The van der Waals surface area contributed by atoms with Crippen LogP contribution in [0.4, 0.5) is 5.69 Å². The van der Waals surface area contributed by atoms with Gasteiger partial charge in [-0.25, -0.2) is 13.1 Å². The molecule has 0 amide bonds. The molecule has 0 bridgehead atoms. The zero-order valence-electron chi connectivity index (χ0n) is 12.4. The van der Waals surface area contributed by atoms with Crippen LogP contribution in [0.5, 0.6) is 0 Å². The van der Waals surface area contributed by atoms with Crippen LogP contribution in [0.25, 0.3) is 0 Å². The molecule has 1 unspecified atom stereocenters. The van der Waals surface area contributed by atoms with Gasteiger partial charge in [0, 0.05) is 30.9 Å². The van der Waals surface area contributed by atoms with E-state index in [1.165, 1.54) is 0 Å². The zero-order chi connectivity index (χ0) is 15.3. The van der Waals surface area contributed by atoms with E-state index in [-0.39, 0.29) is 17.0 Å². The van der Waals surface area contributed by atoms with E-state index in [2.05, 4.69) is 15.4 Å². The van der Waals surface area contributed by atoms with Crippen molar-refractivity contribution in [2.24, 2.45) is 0 Å². The Hall–Kier alpha value is -1.15. The van der Waals surface area contributed by atoms with Gasteiger partial charge in [-0.2, -0.15) is 0 Å². The summed E-state index contributed by atoms with van der Waals surface area (Å²) in [4.78, 5) is 0.279. The molecule has 1 atom stereocenters. The minimum atomic E-state index is -3.42. The second-order valence-corrected chi connectivity index (χ2v) is 7.12. The minimum absolute atomic E-state index is 0.120. The van der Waals surface area contributed by atoms with Gasteiger partial charge in [0.25, 0.3) is 0 Å². The van der Waals surface area contributed by atoms with Gasteiger partial charge in [-0.05, 0) is 38.1 Å². The number of sulfonamides is 1. The lowest BCUT2D eigenvalue weighted by atomic mass is 10.2. The van der Waals surface area contributed by atoms with Crippen LogP contribution in [0, 0.1) is 0 Å². The maximum atomic E-state index is 12.0. The first-order chi connectivity index (χ1) is 9.97. The van der Waals surface area contributed by atoms with E-state index in [0.717, 1.165) is 25.4 Å². The number of hydrogen-bond donors (Lipinski definition) is 3. The maximum absolute atomic E-state index is 12.0. The molecule has 1 fully saturated rings. The van der Waals surface area contributed by atoms with Gasteiger partial charge >= 0.3 is 0 Å². The van der Waals surface area contributed by atoms with Crippen LogP contribution >= 0.6 is 0 Å². The highest BCUT2D eigenvalue weighted by Crippen LogP contribution is 2.14. The molecule has 1 heterocycles. The summed E-state index contributed by atoms with van der Waals surface area (Å²) in [5.74, 6) is 0. The fraction of sp³-hybridized carbons (Fsp3) is 0.571. The summed E-state index contributed by atoms with van der Waals surface area (Å²) < 4.78 is 31.9. The number of benzene rings is 1. The Balaban J connectivity index is 1.92. The van der Waals surface area contributed by atoms with Crippen molar-refractivity contribution in [2.75, 3.05) is 31.6 Å². The fourth-order valence-corrected chi connectivity index (χ4v) is 3.37. The maximum Gasteiger partial charge on any atom is 0.240 e. The van der Waals surface area contributed by atoms with Crippen molar-refractivity contribution in [1.29, 1.82) is 0 Å². The van der Waals surface area contributed by atoms with Gasteiger partial charge in [-0.1, -0.05) is 0 Å². The molecule has 1 aliphatic rings. The van der Waals surface area contributed by atoms with E-state index in [0.29, 0.717) is 6.61 Å². The average molecular weight is 313 g/mol. The monoisotopic (exact) mass is 313 g/mol. The van der Waals surface area contributed by atoms with Crippen LogP contribution in [0.3, 0.4) is 0 Å². The second-order valence-electron chi connectivity index (χ2n) is 5.41. The molecule has 1 aromatic carbocycles. The van der Waals surface area contributed by atoms with Gasteiger partial charge in [-0.3, -0.25) is 0 Å². The second kappa shape index (κ2) is 7.22. The first kappa shape index (κ1) is 16.2. The fourth-order valence-electron chi connectivity index (χ4n) is 2.12. The predicted molar refractivity (Wildman–Crippen MR) is 83.0 cm³/mol. The molecule has 1 saturated heterocycles. The Morgan fingerprint density at radius 1 is 1.33 bits per heavy atom. The van der Waals surface area contributed by atoms with Gasteiger partial charge < -0.3 is 15.4 Å². The van der Waals surface area contributed by atoms with Crippen LogP contribution in [0.15, 0.2) is 29.2 Å². The highest BCUT2D eigenvalue weighted by molar-refractivity contribution is 7.89. The van der Waals surface area contributed by atoms with E-state index in [4.69, 9.17) is 4.74 Å². The summed E-state index contributed by atoms with van der Waals surface area (Å²) >= 11 is 0. The number of hydrogen-bond acceptors (Lipinski definition) is 5. The van der Waals surface area contributed by atoms with Crippen LogP contribution in [0.1, 0.15) is 13.8 Å². The topological polar surface area (TPSA) is 79.5 Å². The summed E-state index contributed by atoms with van der Waals surface area (Å²) in [5, 5.41) is 6.63. The predicted octanol–water partition coefficient (Wildman–Crippen LogP) is 0.774. The molecule has 0 aromatic heterocycles. The van der Waals surface area contributed by atoms with E-state index < -0.39 is 10.0 Å². The Labute approximate surface area is 126 Å². The lowest BCUT2D eigenvalue weighted by Crippen LogP contribution is -2.45. The van der Waals surface area contributed by atoms with E-state index in [1.54, 1.807) is 38.1 Å². The molecule has 1 aromatic rings. The summed E-state index contributed by atoms with van der Waals surface area (Å²) in [6, 6.07) is 6.93. The number of anilines is 1. The van der Waals surface area contributed by atoms with Crippen molar-refractivity contribution in [3.8, 4) is 0 Å². The SMILES string of the molecule is CC(C)NS(=O)(=O)c1ccc(NCC2COCCN2)cc1. The van der Waals surface area contributed by atoms with Crippen LogP contribution in [-0.4, -0.2) is 46.8 Å². The van der Waals surface area contributed by atoms with Crippen molar-refractivity contribution in [2.45, 2.75) is 30.8 Å². The van der Waals surface area contributed by atoms with Gasteiger partial charge in [0.05, 0.1) is 18.1 Å². The molecule has 0 radical (unpaired) electrons. The first-order valence-corrected chi connectivity index (χ1v) is 8.63. The van der Waals surface area contributed by atoms with Crippen molar-refractivity contribution >= 4 is 15.7 Å². The largest absolute Gasteiger partial charge is 0.383 e. The third kappa shape index (κ3) is 4.96. The standard InChI is InChI=1S/C14H23N3O3S/c1-11(2)17-21(18,19)14-5-3-12(4-6-14)16-9-13-10-20-8-7-15-13/h3-6,11,13,15-17H,7-10H2,1-2H3. The van der Waals surface area contributed by atoms with Gasteiger partial charge in [0.1, 0.15) is 0 Å². The molecule has 0 aliphatic carbocycles. The third-order valence-electron chi connectivity index (χ3n) is 3.11. The highest BCUT2D eigenvalue weighted by Gasteiger charge is 2.15. The molecule has 1 aliphatic heterocycles. The lowest BCUT2D eigenvalue weighted by Gasteiger charge is -2.24. The van der Waals surface area contributed by atoms with E-state index in [9.17, 15) is 8.42 Å². The van der Waals surface area contributed by atoms with Gasteiger partial charge in [-0.15, -0.1) is 0 Å². The van der Waals surface area contributed by atoms with Crippen molar-refractivity contribution < 1.29 is 13.2 Å². The minimum Gasteiger partial charge on any atom is -0.383 e. The molecule has 21 heavy (non-hydrogen) atoms. The third-order valence-corrected chi connectivity index (χ3v) is 4.78. The number of morpholine rings is 1. The zero-order valence-corrected chi connectivity index (χ0v) is 13.2. The molecule has 0 spiro atoms. The Kier molecular flexibility index (Phi) is 5.58. The van der Waals surface area contributed by atoms with Crippen LogP contribution < -0.4 is 15.4 Å². The van der Waals surface area contributed by atoms with Crippen molar-refractivity contribution in [3.63, 3.8) is 0 Å². The Bertz CT molecular complexity index is 537. The average Bonchev–Trinajstić information content (AvgIpc) is 2.45. The summed E-state index contributed by atoms with van der Waals surface area (Å²) in [7, 11) is -3.42. The number of ether oxygens (including phenoxy) is 1. The molecule has 0 saturated carbocycles. The summed E-state index contributed by atoms with van der Waals surface area (Å²) in [5.41, 5.74) is 0.894. The molecular weight excluding hydrogens is 290 g/mol. The Morgan fingerprint density at radius 3 is 2.62 bits per heavy atom. The van der Waals surface area contributed by atoms with Gasteiger partial charge in [0.2, 0.25) is 10.0 Å². The highest BCUT2D eigenvalue weighted by atomic mass is 32.2. The lowest BCUT2D eigenvalue weighted by molar-refractivity contribution is 0.0806. The summed E-state index contributed by atoms with van der Waals surface area (Å²) in [6.07, 6.45) is 0. The van der Waals surface area contributed by atoms with E-state index in [1.807, 2.05) is 0 Å². The Morgan fingerprint density at radius 2 is 2.05 bits per heavy atom. The number of nitrogens with one attached hydrogen (secondary N) is 3. The molecule has 3 N–H and O–H groups in total. The van der Waals surface area contributed by atoms with E-state index >= 15 is 0 Å².